The van der Waals surface area contributed by atoms with Crippen LogP contribution in [0.5, 0.6) is 5.75 Å². The molecular formula is C26H22FN3O2S. The number of anilines is 1. The zero-order chi connectivity index (χ0) is 22.8. The Hall–Kier alpha value is -3.71. The van der Waals surface area contributed by atoms with Crippen LogP contribution in [0.1, 0.15) is 30.5 Å². The molecule has 0 amide bonds. The molecule has 0 bridgehead atoms. The Balaban J connectivity index is 1.55. The molecule has 2 aromatic heterocycles. The first-order valence-electron chi connectivity index (χ1n) is 10.7. The number of rotatable bonds is 6. The molecule has 0 aliphatic carbocycles. The van der Waals surface area contributed by atoms with Crippen LogP contribution in [0, 0.1) is 5.82 Å². The molecule has 1 saturated heterocycles. The smallest absolute Gasteiger partial charge is 0.174 e. The van der Waals surface area contributed by atoms with Crippen molar-refractivity contribution in [3.63, 3.8) is 0 Å². The van der Waals surface area contributed by atoms with Gasteiger partial charge in [0.25, 0.3) is 0 Å². The van der Waals surface area contributed by atoms with Gasteiger partial charge in [0, 0.05) is 17.4 Å². The molecule has 1 aliphatic heterocycles. The van der Waals surface area contributed by atoms with Crippen LogP contribution < -0.4 is 15.0 Å². The third-order valence-electron chi connectivity index (χ3n) is 5.57. The van der Waals surface area contributed by atoms with Crippen LogP contribution in [-0.2, 0) is 0 Å². The minimum absolute atomic E-state index is 0.211. The molecule has 2 atom stereocenters. The summed E-state index contributed by atoms with van der Waals surface area (Å²) in [4.78, 5) is 6.60. The highest BCUT2D eigenvalue weighted by atomic mass is 32.1. The van der Waals surface area contributed by atoms with E-state index in [1.165, 1.54) is 12.1 Å². The van der Waals surface area contributed by atoms with Gasteiger partial charge in [0.05, 0.1) is 18.3 Å². The van der Waals surface area contributed by atoms with Gasteiger partial charge >= 0.3 is 0 Å². The Bertz CT molecular complexity index is 1240. The van der Waals surface area contributed by atoms with Crippen LogP contribution in [0.25, 0.3) is 11.3 Å². The van der Waals surface area contributed by atoms with Crippen molar-refractivity contribution in [2.24, 2.45) is 0 Å². The second-order valence-corrected chi connectivity index (χ2v) is 8.02. The number of furan rings is 1. The number of pyridine rings is 1. The Morgan fingerprint density at radius 1 is 1.03 bits per heavy atom. The Kier molecular flexibility index (Phi) is 5.79. The van der Waals surface area contributed by atoms with Gasteiger partial charge in [0.1, 0.15) is 29.1 Å². The second kappa shape index (κ2) is 9.03. The van der Waals surface area contributed by atoms with Gasteiger partial charge in [-0.15, -0.1) is 0 Å². The lowest BCUT2D eigenvalue weighted by Crippen LogP contribution is -2.29. The number of aromatic nitrogens is 1. The fourth-order valence-electron chi connectivity index (χ4n) is 4.07. The molecule has 4 aromatic rings. The number of nitrogens with zero attached hydrogens (tertiary/aromatic N) is 2. The van der Waals surface area contributed by atoms with E-state index in [-0.39, 0.29) is 17.9 Å². The normalized spacial score (nSPS) is 17.8. The van der Waals surface area contributed by atoms with E-state index in [0.717, 1.165) is 28.5 Å². The maximum atomic E-state index is 13.4. The number of hydrogen-bond donors (Lipinski definition) is 1. The molecule has 7 heteroatoms. The van der Waals surface area contributed by atoms with Crippen molar-refractivity contribution in [1.29, 1.82) is 0 Å². The minimum Gasteiger partial charge on any atom is -0.494 e. The Labute approximate surface area is 196 Å². The number of hydrogen-bond acceptors (Lipinski definition) is 4. The maximum absolute atomic E-state index is 13.4. The summed E-state index contributed by atoms with van der Waals surface area (Å²) in [6.45, 7) is 2.56. The van der Waals surface area contributed by atoms with E-state index in [9.17, 15) is 4.39 Å². The summed E-state index contributed by atoms with van der Waals surface area (Å²) in [6.07, 6.45) is 1.77. The molecule has 2 aromatic carbocycles. The molecule has 0 spiro atoms. The van der Waals surface area contributed by atoms with E-state index in [0.29, 0.717) is 17.5 Å². The summed E-state index contributed by atoms with van der Waals surface area (Å²) in [5.41, 5.74) is 2.58. The number of benzene rings is 2. The fourth-order valence-corrected chi connectivity index (χ4v) is 4.42. The quantitative estimate of drug-likeness (QED) is 0.354. The second-order valence-electron chi connectivity index (χ2n) is 7.63. The van der Waals surface area contributed by atoms with Crippen LogP contribution in [-0.4, -0.2) is 16.7 Å². The largest absolute Gasteiger partial charge is 0.494 e. The van der Waals surface area contributed by atoms with E-state index in [2.05, 4.69) is 10.3 Å². The van der Waals surface area contributed by atoms with E-state index < -0.39 is 0 Å². The molecule has 0 unspecified atom stereocenters. The van der Waals surface area contributed by atoms with E-state index >= 15 is 0 Å². The van der Waals surface area contributed by atoms with Gasteiger partial charge in [-0.3, -0.25) is 4.98 Å². The van der Waals surface area contributed by atoms with Crippen LogP contribution in [0.4, 0.5) is 10.1 Å². The monoisotopic (exact) mass is 459 g/mol. The topological polar surface area (TPSA) is 50.5 Å². The molecule has 33 heavy (non-hydrogen) atoms. The summed E-state index contributed by atoms with van der Waals surface area (Å²) in [7, 11) is 0. The number of thiocarbonyl (C=S) groups is 1. The van der Waals surface area contributed by atoms with Gasteiger partial charge in [0.2, 0.25) is 0 Å². The van der Waals surface area contributed by atoms with Gasteiger partial charge in [-0.05, 0) is 91.9 Å². The summed E-state index contributed by atoms with van der Waals surface area (Å²) in [6, 6.07) is 23.3. The number of halogens is 1. The average Bonchev–Trinajstić information content (AvgIpc) is 3.46. The molecular weight excluding hydrogens is 437 g/mol. The molecule has 1 fully saturated rings. The van der Waals surface area contributed by atoms with Gasteiger partial charge in [-0.1, -0.05) is 6.07 Å². The van der Waals surface area contributed by atoms with Crippen molar-refractivity contribution >= 4 is 23.0 Å². The molecule has 0 saturated carbocycles. The Morgan fingerprint density at radius 2 is 1.82 bits per heavy atom. The first-order chi connectivity index (χ1) is 16.1. The zero-order valence-electron chi connectivity index (χ0n) is 17.9. The van der Waals surface area contributed by atoms with Crippen LogP contribution in [0.3, 0.4) is 0 Å². The van der Waals surface area contributed by atoms with Crippen molar-refractivity contribution in [2.45, 2.75) is 19.0 Å². The minimum atomic E-state index is -0.284. The third kappa shape index (κ3) is 4.19. The first-order valence-corrected chi connectivity index (χ1v) is 11.1. The van der Waals surface area contributed by atoms with Gasteiger partial charge in [-0.2, -0.15) is 0 Å². The van der Waals surface area contributed by atoms with E-state index in [4.69, 9.17) is 21.4 Å². The highest BCUT2D eigenvalue weighted by Crippen LogP contribution is 2.43. The molecule has 166 valence electrons. The van der Waals surface area contributed by atoms with E-state index in [1.807, 2.05) is 66.4 Å². The van der Waals surface area contributed by atoms with Crippen molar-refractivity contribution < 1.29 is 13.5 Å². The first kappa shape index (κ1) is 21.2. The van der Waals surface area contributed by atoms with Gasteiger partial charge < -0.3 is 19.4 Å². The third-order valence-corrected chi connectivity index (χ3v) is 5.89. The fraction of sp³-hybridized carbons (Fsp3) is 0.154. The number of ether oxygens (including phenoxy) is 1. The molecule has 5 rings (SSSR count). The lowest BCUT2D eigenvalue weighted by Gasteiger charge is -2.26. The van der Waals surface area contributed by atoms with Crippen LogP contribution in [0.2, 0.25) is 0 Å². The molecule has 3 heterocycles. The van der Waals surface area contributed by atoms with Crippen LogP contribution in [0.15, 0.2) is 89.5 Å². The summed E-state index contributed by atoms with van der Waals surface area (Å²) in [5, 5.41) is 4.00. The summed E-state index contributed by atoms with van der Waals surface area (Å²) in [5.74, 6) is 1.90. The van der Waals surface area contributed by atoms with Crippen LogP contribution >= 0.6 is 12.2 Å². The van der Waals surface area contributed by atoms with Crippen molar-refractivity contribution in [3.05, 3.63) is 102 Å². The van der Waals surface area contributed by atoms with Gasteiger partial charge in [-0.25, -0.2) is 4.39 Å². The lowest BCUT2D eigenvalue weighted by molar-refractivity contribution is 0.340. The molecule has 1 aliphatic rings. The molecule has 5 nitrogen and oxygen atoms in total. The summed E-state index contributed by atoms with van der Waals surface area (Å²) >= 11 is 5.75. The Morgan fingerprint density at radius 3 is 2.52 bits per heavy atom. The predicted molar refractivity (Wildman–Crippen MR) is 130 cm³/mol. The predicted octanol–water partition coefficient (Wildman–Crippen LogP) is 6.06. The van der Waals surface area contributed by atoms with Crippen molar-refractivity contribution in [1.82, 2.24) is 10.3 Å². The standard InChI is InChI=1S/C26H22FN3O2S/c1-2-31-20-12-10-19(11-13-20)30-25(24(29-26(30)33)21-5-3-4-16-28-21)23-15-14-22(32-23)17-6-8-18(27)9-7-17/h3-16,24-25H,2H2,1H3,(H,29,33)/t24-,25+/m0/s1. The highest BCUT2D eigenvalue weighted by Gasteiger charge is 2.42. The summed E-state index contributed by atoms with van der Waals surface area (Å²) < 4.78 is 25.3. The zero-order valence-corrected chi connectivity index (χ0v) is 18.8. The average molecular weight is 460 g/mol. The van der Waals surface area contributed by atoms with Gasteiger partial charge in [0.15, 0.2) is 5.11 Å². The lowest BCUT2D eigenvalue weighted by atomic mass is 10.0. The highest BCUT2D eigenvalue weighted by molar-refractivity contribution is 7.80. The van der Waals surface area contributed by atoms with Crippen molar-refractivity contribution in [3.8, 4) is 17.1 Å². The number of nitrogens with one attached hydrogen (secondary N) is 1. The molecule has 0 radical (unpaired) electrons. The SMILES string of the molecule is CCOc1ccc(N2C(=S)N[C@@H](c3ccccn3)[C@H]2c2ccc(-c3ccc(F)cc3)o2)cc1. The molecule has 1 N–H and O–H groups in total. The maximum Gasteiger partial charge on any atom is 0.174 e. The van der Waals surface area contributed by atoms with Crippen molar-refractivity contribution in [2.75, 3.05) is 11.5 Å². The van der Waals surface area contributed by atoms with E-state index in [1.54, 1.807) is 18.3 Å².